The molecule has 0 saturated heterocycles. The highest BCUT2D eigenvalue weighted by molar-refractivity contribution is 5.39. The van der Waals surface area contributed by atoms with Crippen LogP contribution in [0.5, 0.6) is 0 Å². The molecular formula is C22H31NO. The van der Waals surface area contributed by atoms with Crippen LogP contribution >= 0.6 is 0 Å². The van der Waals surface area contributed by atoms with E-state index in [0.717, 1.165) is 31.6 Å². The smallest absolute Gasteiger partial charge is 0.211 e. The summed E-state index contributed by atoms with van der Waals surface area (Å²) < 4.78 is 0. The largest absolute Gasteiger partial charge is 0.235 e. The number of hydrogen-bond donors (Lipinski definition) is 0. The summed E-state index contributed by atoms with van der Waals surface area (Å²) in [5, 5.41) is 0. The van der Waals surface area contributed by atoms with Crippen molar-refractivity contribution < 1.29 is 4.79 Å². The van der Waals surface area contributed by atoms with Gasteiger partial charge in [0, 0.05) is 0 Å². The van der Waals surface area contributed by atoms with Crippen LogP contribution < -0.4 is 0 Å². The lowest BCUT2D eigenvalue weighted by molar-refractivity contribution is 0.169. The van der Waals surface area contributed by atoms with E-state index in [1.54, 1.807) is 0 Å². The zero-order valence-corrected chi connectivity index (χ0v) is 15.5. The summed E-state index contributed by atoms with van der Waals surface area (Å²) in [5.41, 5.74) is 2.82. The Kier molecular flexibility index (Phi) is 4.97. The molecule has 24 heavy (non-hydrogen) atoms. The third-order valence-electron chi connectivity index (χ3n) is 6.56. The highest BCUT2D eigenvalue weighted by Gasteiger charge is 2.36. The van der Waals surface area contributed by atoms with Crippen molar-refractivity contribution in [2.45, 2.75) is 83.6 Å². The average Bonchev–Trinajstić information content (AvgIpc) is 3.05. The van der Waals surface area contributed by atoms with Gasteiger partial charge in [0.15, 0.2) is 0 Å². The molecule has 0 bridgehead atoms. The monoisotopic (exact) mass is 325 g/mol. The van der Waals surface area contributed by atoms with Gasteiger partial charge in [-0.3, -0.25) is 0 Å². The first-order valence-corrected chi connectivity index (χ1v) is 9.64. The Bertz CT molecular complexity index is 590. The molecule has 0 radical (unpaired) electrons. The van der Waals surface area contributed by atoms with Gasteiger partial charge in [-0.05, 0) is 66.9 Å². The summed E-state index contributed by atoms with van der Waals surface area (Å²) in [6.45, 7) is 7.13. The van der Waals surface area contributed by atoms with E-state index in [4.69, 9.17) is 0 Å². The van der Waals surface area contributed by atoms with Gasteiger partial charge in [0.05, 0.1) is 5.54 Å². The summed E-state index contributed by atoms with van der Waals surface area (Å²) in [6, 6.07) is 9.02. The highest BCUT2D eigenvalue weighted by Crippen LogP contribution is 2.45. The molecule has 0 spiro atoms. The Morgan fingerprint density at radius 2 is 1.58 bits per heavy atom. The van der Waals surface area contributed by atoms with E-state index in [2.05, 4.69) is 50.0 Å². The lowest BCUT2D eigenvalue weighted by Gasteiger charge is -2.37. The molecule has 2 aliphatic rings. The predicted octanol–water partition coefficient (Wildman–Crippen LogP) is 6.11. The second kappa shape index (κ2) is 6.84. The van der Waals surface area contributed by atoms with Crippen LogP contribution in [0.4, 0.5) is 0 Å². The summed E-state index contributed by atoms with van der Waals surface area (Å²) >= 11 is 0. The van der Waals surface area contributed by atoms with E-state index < -0.39 is 0 Å². The van der Waals surface area contributed by atoms with Crippen LogP contribution in [-0.4, -0.2) is 6.08 Å². The average molecular weight is 325 g/mol. The van der Waals surface area contributed by atoms with Gasteiger partial charge in [0.2, 0.25) is 6.08 Å². The number of aliphatic imine (C=N–C) groups is 1. The van der Waals surface area contributed by atoms with Crippen molar-refractivity contribution in [1.82, 2.24) is 0 Å². The molecule has 0 aromatic heterocycles. The number of benzene rings is 1. The zero-order valence-electron chi connectivity index (χ0n) is 15.5. The molecule has 0 aliphatic heterocycles. The quantitative estimate of drug-likeness (QED) is 0.487. The maximum atomic E-state index is 10.9. The first-order chi connectivity index (χ1) is 11.4. The van der Waals surface area contributed by atoms with Crippen molar-refractivity contribution in [2.75, 3.05) is 0 Å². The summed E-state index contributed by atoms with van der Waals surface area (Å²) in [7, 11) is 0. The van der Waals surface area contributed by atoms with Crippen LogP contribution in [0.2, 0.25) is 0 Å². The molecule has 2 fully saturated rings. The minimum Gasteiger partial charge on any atom is -0.211 e. The van der Waals surface area contributed by atoms with E-state index in [1.807, 2.05) is 6.08 Å². The molecule has 2 aliphatic carbocycles. The Balaban J connectivity index is 1.70. The second-order valence-corrected chi connectivity index (χ2v) is 8.98. The van der Waals surface area contributed by atoms with Crippen molar-refractivity contribution >= 4 is 6.08 Å². The topological polar surface area (TPSA) is 29.4 Å². The fourth-order valence-electron chi connectivity index (χ4n) is 4.87. The lowest BCUT2D eigenvalue weighted by atomic mass is 9.68. The minimum absolute atomic E-state index is 0.288. The molecule has 0 N–H and O–H groups in total. The minimum atomic E-state index is -0.288. The van der Waals surface area contributed by atoms with Crippen LogP contribution in [-0.2, 0) is 10.3 Å². The summed E-state index contributed by atoms with van der Waals surface area (Å²) in [5.74, 6) is 1.56. The molecule has 1 aromatic carbocycles. The molecule has 3 rings (SSSR count). The molecule has 2 saturated carbocycles. The Morgan fingerprint density at radius 3 is 2.08 bits per heavy atom. The highest BCUT2D eigenvalue weighted by atomic mass is 16.1. The third kappa shape index (κ3) is 3.49. The van der Waals surface area contributed by atoms with Gasteiger partial charge in [-0.15, -0.1) is 0 Å². The van der Waals surface area contributed by atoms with Crippen molar-refractivity contribution in [1.29, 1.82) is 0 Å². The van der Waals surface area contributed by atoms with Crippen LogP contribution in [0, 0.1) is 11.3 Å². The van der Waals surface area contributed by atoms with Gasteiger partial charge in [-0.1, -0.05) is 57.9 Å². The Labute approximate surface area is 146 Å². The van der Waals surface area contributed by atoms with Crippen molar-refractivity contribution in [2.24, 2.45) is 16.3 Å². The van der Waals surface area contributed by atoms with E-state index >= 15 is 0 Å². The van der Waals surface area contributed by atoms with Crippen LogP contribution in [0.15, 0.2) is 29.3 Å². The first kappa shape index (κ1) is 17.4. The van der Waals surface area contributed by atoms with Crippen molar-refractivity contribution in [3.63, 3.8) is 0 Å². The lowest BCUT2D eigenvalue weighted by Crippen LogP contribution is -2.25. The molecule has 0 heterocycles. The summed E-state index contributed by atoms with van der Waals surface area (Å²) in [6.07, 6.45) is 11.4. The Hall–Kier alpha value is -1.40. The third-order valence-corrected chi connectivity index (χ3v) is 6.56. The molecular weight excluding hydrogens is 294 g/mol. The van der Waals surface area contributed by atoms with Gasteiger partial charge < -0.3 is 0 Å². The van der Waals surface area contributed by atoms with Gasteiger partial charge >= 0.3 is 0 Å². The van der Waals surface area contributed by atoms with Gasteiger partial charge in [0.1, 0.15) is 0 Å². The number of rotatable bonds is 3. The van der Waals surface area contributed by atoms with Crippen LogP contribution in [0.25, 0.3) is 0 Å². The normalized spacial score (nSPS) is 26.8. The molecule has 1 aromatic rings. The standard InChI is InChI=1S/C22H31NO/c1-21(2,3)19-10-6-17(7-11-19)18-8-12-20(13-9-18)22(23-16-24)14-4-5-15-22/h8-9,12-13,17,19H,4-7,10-11,14-15H2,1-3H3. The number of hydrogen-bond acceptors (Lipinski definition) is 2. The SMILES string of the molecule is CC(C)(C)C1CCC(c2ccc(C3(N=C=O)CCCC3)cc2)CC1. The molecule has 130 valence electrons. The van der Waals surface area contributed by atoms with E-state index in [-0.39, 0.29) is 5.54 Å². The number of carbonyl (C=O) groups excluding carboxylic acids is 1. The maximum absolute atomic E-state index is 10.9. The van der Waals surface area contributed by atoms with E-state index in [0.29, 0.717) is 11.3 Å². The molecule has 2 heteroatoms. The molecule has 0 amide bonds. The molecule has 0 atom stereocenters. The summed E-state index contributed by atoms with van der Waals surface area (Å²) in [4.78, 5) is 15.1. The number of nitrogens with zero attached hydrogens (tertiary/aromatic N) is 1. The van der Waals surface area contributed by atoms with Gasteiger partial charge in [0.25, 0.3) is 0 Å². The van der Waals surface area contributed by atoms with Crippen molar-refractivity contribution in [3.05, 3.63) is 35.4 Å². The maximum Gasteiger partial charge on any atom is 0.235 e. The second-order valence-electron chi connectivity index (χ2n) is 8.98. The first-order valence-electron chi connectivity index (χ1n) is 9.64. The fraction of sp³-hybridized carbons (Fsp3) is 0.682. The molecule has 0 unspecified atom stereocenters. The van der Waals surface area contributed by atoms with Gasteiger partial charge in [-0.2, -0.15) is 4.99 Å². The molecule has 2 nitrogen and oxygen atoms in total. The van der Waals surface area contributed by atoms with Crippen LogP contribution in [0.1, 0.15) is 89.2 Å². The fourth-order valence-corrected chi connectivity index (χ4v) is 4.87. The Morgan fingerprint density at radius 1 is 1.00 bits per heavy atom. The van der Waals surface area contributed by atoms with Gasteiger partial charge in [-0.25, -0.2) is 4.79 Å². The van der Waals surface area contributed by atoms with Crippen LogP contribution in [0.3, 0.4) is 0 Å². The number of isocyanates is 1. The zero-order chi connectivity index (χ0) is 17.2. The van der Waals surface area contributed by atoms with E-state index in [9.17, 15) is 4.79 Å². The van der Waals surface area contributed by atoms with Crippen molar-refractivity contribution in [3.8, 4) is 0 Å². The van der Waals surface area contributed by atoms with E-state index in [1.165, 1.54) is 36.8 Å². The predicted molar refractivity (Wildman–Crippen MR) is 98.9 cm³/mol.